The Kier molecular flexibility index (Phi) is 6.30. The van der Waals surface area contributed by atoms with Crippen molar-refractivity contribution in [3.63, 3.8) is 0 Å². The van der Waals surface area contributed by atoms with E-state index in [1.54, 1.807) is 17.4 Å². The first-order valence-electron chi connectivity index (χ1n) is 6.15. The predicted molar refractivity (Wildman–Crippen MR) is 68.1 cm³/mol. The average molecular weight is 290 g/mol. The molecule has 1 aromatic carbocycles. The Balaban J connectivity index is 2.46. The lowest BCUT2D eigenvalue weighted by Gasteiger charge is -2.12. The topological polar surface area (TPSA) is 50.4 Å². The van der Waals surface area contributed by atoms with Crippen LogP contribution in [0.3, 0.4) is 0 Å². The SMILES string of the molecule is CCOCc1ccccc1CNC(=O)NCC(F)(F)F. The molecule has 2 amide bonds. The van der Waals surface area contributed by atoms with Crippen molar-refractivity contribution >= 4 is 6.03 Å². The van der Waals surface area contributed by atoms with Gasteiger partial charge in [0.15, 0.2) is 0 Å². The maximum Gasteiger partial charge on any atom is 0.405 e. The molecule has 0 bridgehead atoms. The van der Waals surface area contributed by atoms with Gasteiger partial charge in [-0.15, -0.1) is 0 Å². The van der Waals surface area contributed by atoms with Gasteiger partial charge in [-0.25, -0.2) is 4.79 Å². The third-order valence-electron chi connectivity index (χ3n) is 2.47. The van der Waals surface area contributed by atoms with Crippen molar-refractivity contribution < 1.29 is 22.7 Å². The summed E-state index contributed by atoms with van der Waals surface area (Å²) in [5.41, 5.74) is 1.70. The van der Waals surface area contributed by atoms with Gasteiger partial charge in [0.1, 0.15) is 6.54 Å². The molecule has 0 fully saturated rings. The van der Waals surface area contributed by atoms with Crippen molar-refractivity contribution in [2.24, 2.45) is 0 Å². The zero-order valence-electron chi connectivity index (χ0n) is 11.1. The Morgan fingerprint density at radius 2 is 1.85 bits per heavy atom. The summed E-state index contributed by atoms with van der Waals surface area (Å²) in [4.78, 5) is 11.2. The van der Waals surface area contributed by atoms with Crippen molar-refractivity contribution in [2.75, 3.05) is 13.2 Å². The molecule has 0 aliphatic rings. The normalized spacial score (nSPS) is 11.2. The number of hydrogen-bond donors (Lipinski definition) is 2. The summed E-state index contributed by atoms with van der Waals surface area (Å²) in [6.45, 7) is 1.63. The smallest absolute Gasteiger partial charge is 0.377 e. The Morgan fingerprint density at radius 3 is 2.45 bits per heavy atom. The number of nitrogens with one attached hydrogen (secondary N) is 2. The maximum absolute atomic E-state index is 11.9. The molecule has 20 heavy (non-hydrogen) atoms. The molecule has 7 heteroatoms. The van der Waals surface area contributed by atoms with E-state index < -0.39 is 18.8 Å². The Hall–Kier alpha value is -1.76. The highest BCUT2D eigenvalue weighted by atomic mass is 19.4. The maximum atomic E-state index is 11.9. The number of benzene rings is 1. The van der Waals surface area contributed by atoms with Crippen LogP contribution in [0.5, 0.6) is 0 Å². The number of ether oxygens (including phenoxy) is 1. The minimum Gasteiger partial charge on any atom is -0.377 e. The molecule has 0 saturated heterocycles. The van der Waals surface area contributed by atoms with Gasteiger partial charge in [-0.3, -0.25) is 0 Å². The van der Waals surface area contributed by atoms with Gasteiger partial charge in [0, 0.05) is 13.2 Å². The Morgan fingerprint density at radius 1 is 1.20 bits per heavy atom. The van der Waals surface area contributed by atoms with E-state index in [0.29, 0.717) is 13.2 Å². The minimum atomic E-state index is -4.41. The molecule has 0 spiro atoms. The van der Waals surface area contributed by atoms with Crippen LogP contribution in [0.4, 0.5) is 18.0 Å². The van der Waals surface area contributed by atoms with Crippen LogP contribution in [0.2, 0.25) is 0 Å². The Labute approximate surface area is 115 Å². The molecular weight excluding hydrogens is 273 g/mol. The van der Waals surface area contributed by atoms with Crippen LogP contribution in [-0.4, -0.2) is 25.4 Å². The van der Waals surface area contributed by atoms with E-state index in [4.69, 9.17) is 4.74 Å². The van der Waals surface area contributed by atoms with Crippen LogP contribution in [0.15, 0.2) is 24.3 Å². The molecule has 0 unspecified atom stereocenters. The van der Waals surface area contributed by atoms with Crippen LogP contribution in [0, 0.1) is 0 Å². The van der Waals surface area contributed by atoms with Crippen LogP contribution >= 0.6 is 0 Å². The van der Waals surface area contributed by atoms with Crippen LogP contribution < -0.4 is 10.6 Å². The Bertz CT molecular complexity index is 436. The fraction of sp³-hybridized carbons (Fsp3) is 0.462. The molecule has 0 aliphatic heterocycles. The van der Waals surface area contributed by atoms with E-state index in [0.717, 1.165) is 11.1 Å². The lowest BCUT2D eigenvalue weighted by Crippen LogP contribution is -2.40. The van der Waals surface area contributed by atoms with E-state index in [-0.39, 0.29) is 6.54 Å². The lowest BCUT2D eigenvalue weighted by atomic mass is 10.1. The zero-order valence-corrected chi connectivity index (χ0v) is 11.1. The van der Waals surface area contributed by atoms with Gasteiger partial charge in [0.05, 0.1) is 6.61 Å². The fourth-order valence-electron chi connectivity index (χ4n) is 1.50. The van der Waals surface area contributed by atoms with E-state index in [2.05, 4.69) is 5.32 Å². The number of carbonyl (C=O) groups is 1. The van der Waals surface area contributed by atoms with Gasteiger partial charge in [-0.2, -0.15) is 13.2 Å². The second-order valence-electron chi connectivity index (χ2n) is 4.06. The second-order valence-corrected chi connectivity index (χ2v) is 4.06. The van der Waals surface area contributed by atoms with Gasteiger partial charge in [0.25, 0.3) is 0 Å². The summed E-state index contributed by atoms with van der Waals surface area (Å²) >= 11 is 0. The van der Waals surface area contributed by atoms with Gasteiger partial charge in [-0.05, 0) is 18.1 Å². The van der Waals surface area contributed by atoms with Crippen molar-refractivity contribution in [2.45, 2.75) is 26.3 Å². The van der Waals surface area contributed by atoms with Gasteiger partial charge in [-0.1, -0.05) is 24.3 Å². The van der Waals surface area contributed by atoms with Crippen LogP contribution in [0.25, 0.3) is 0 Å². The summed E-state index contributed by atoms with van der Waals surface area (Å²) in [5, 5.41) is 4.13. The van der Waals surface area contributed by atoms with Crippen molar-refractivity contribution in [1.82, 2.24) is 10.6 Å². The number of halogens is 3. The van der Waals surface area contributed by atoms with Gasteiger partial charge < -0.3 is 15.4 Å². The molecule has 112 valence electrons. The molecule has 4 nitrogen and oxygen atoms in total. The third-order valence-corrected chi connectivity index (χ3v) is 2.47. The largest absolute Gasteiger partial charge is 0.405 e. The van der Waals surface area contributed by atoms with Crippen molar-refractivity contribution in [3.05, 3.63) is 35.4 Å². The highest BCUT2D eigenvalue weighted by Crippen LogP contribution is 2.12. The van der Waals surface area contributed by atoms with Gasteiger partial charge in [0.2, 0.25) is 0 Å². The van der Waals surface area contributed by atoms with E-state index >= 15 is 0 Å². The lowest BCUT2D eigenvalue weighted by molar-refractivity contribution is -0.122. The predicted octanol–water partition coefficient (Wildman–Crippen LogP) is 2.58. The standard InChI is InChI=1S/C13H17F3N2O2/c1-2-20-8-11-6-4-3-5-10(11)7-17-12(19)18-9-13(14,15)16/h3-6H,2,7-9H2,1H3,(H2,17,18,19). The summed E-state index contributed by atoms with van der Waals surface area (Å²) in [6.07, 6.45) is -4.41. The fourth-order valence-corrected chi connectivity index (χ4v) is 1.50. The number of urea groups is 1. The van der Waals surface area contributed by atoms with Crippen LogP contribution in [0.1, 0.15) is 18.1 Å². The summed E-state index contributed by atoms with van der Waals surface area (Å²) in [6, 6.07) is 6.41. The molecular formula is C13H17F3N2O2. The summed E-state index contributed by atoms with van der Waals surface area (Å²) < 4.78 is 41.1. The highest BCUT2D eigenvalue weighted by molar-refractivity contribution is 5.73. The minimum absolute atomic E-state index is 0.146. The molecule has 0 aliphatic carbocycles. The quantitative estimate of drug-likeness (QED) is 0.846. The highest BCUT2D eigenvalue weighted by Gasteiger charge is 2.27. The summed E-state index contributed by atoms with van der Waals surface area (Å²) in [5.74, 6) is 0. The second kappa shape index (κ2) is 7.74. The monoisotopic (exact) mass is 290 g/mol. The summed E-state index contributed by atoms with van der Waals surface area (Å²) in [7, 11) is 0. The zero-order chi connectivity index (χ0) is 15.0. The number of amides is 2. The average Bonchev–Trinajstić information content (AvgIpc) is 2.40. The number of alkyl halides is 3. The molecule has 0 atom stereocenters. The van der Waals surface area contributed by atoms with Gasteiger partial charge >= 0.3 is 12.2 Å². The van der Waals surface area contributed by atoms with Crippen molar-refractivity contribution in [1.29, 1.82) is 0 Å². The first kappa shape index (κ1) is 16.3. The number of hydrogen-bond acceptors (Lipinski definition) is 2. The van der Waals surface area contributed by atoms with E-state index in [1.165, 1.54) is 0 Å². The van der Waals surface area contributed by atoms with Crippen LogP contribution in [-0.2, 0) is 17.9 Å². The first-order valence-corrected chi connectivity index (χ1v) is 6.15. The van der Waals surface area contributed by atoms with Crippen molar-refractivity contribution in [3.8, 4) is 0 Å². The molecule has 2 N–H and O–H groups in total. The third kappa shape index (κ3) is 6.42. The number of rotatable bonds is 6. The van der Waals surface area contributed by atoms with E-state index in [1.807, 2.05) is 19.1 Å². The molecule has 0 aromatic heterocycles. The first-order chi connectivity index (χ1) is 9.42. The molecule has 1 aromatic rings. The molecule has 0 saturated carbocycles. The molecule has 0 radical (unpaired) electrons. The molecule has 0 heterocycles. The molecule has 1 rings (SSSR count). The number of carbonyl (C=O) groups excluding carboxylic acids is 1. The van der Waals surface area contributed by atoms with E-state index in [9.17, 15) is 18.0 Å².